The summed E-state index contributed by atoms with van der Waals surface area (Å²) in [6.45, 7) is 4.95. The number of hydrogen-bond acceptors (Lipinski definition) is 4. The third-order valence-electron chi connectivity index (χ3n) is 4.57. The zero-order valence-electron chi connectivity index (χ0n) is 16.7. The molecule has 3 N–H and O–H groups in total. The Balaban J connectivity index is 1.89. The third-order valence-corrected chi connectivity index (χ3v) is 4.57. The van der Waals surface area contributed by atoms with Crippen molar-refractivity contribution in [1.29, 1.82) is 5.26 Å². The summed E-state index contributed by atoms with van der Waals surface area (Å²) in [5.74, 6) is -0.194. The van der Waals surface area contributed by atoms with E-state index in [4.69, 9.17) is 5.73 Å². The molecule has 0 aliphatic heterocycles. The van der Waals surface area contributed by atoms with Gasteiger partial charge in [-0.2, -0.15) is 5.26 Å². The van der Waals surface area contributed by atoms with Gasteiger partial charge in [-0.3, -0.25) is 4.79 Å². The van der Waals surface area contributed by atoms with E-state index in [1.807, 2.05) is 36.6 Å². The Morgan fingerprint density at radius 2 is 2.00 bits per heavy atom. The Kier molecular flexibility index (Phi) is 6.43. The minimum Gasteiger partial charge on any atom is -0.348 e. The molecule has 0 bridgehead atoms. The van der Waals surface area contributed by atoms with Crippen molar-refractivity contribution in [2.24, 2.45) is 5.73 Å². The number of rotatable bonds is 7. The lowest BCUT2D eigenvalue weighted by Gasteiger charge is -2.12. The highest BCUT2D eigenvalue weighted by atomic mass is 16.1. The van der Waals surface area contributed by atoms with E-state index in [1.54, 1.807) is 12.5 Å². The quantitative estimate of drug-likeness (QED) is 0.651. The number of carbonyl (C=O) groups excluding carboxylic acids is 1. The van der Waals surface area contributed by atoms with E-state index in [-0.39, 0.29) is 11.9 Å². The minimum atomic E-state index is -0.194. The molecule has 0 fully saturated rings. The molecule has 6 nitrogen and oxygen atoms in total. The van der Waals surface area contributed by atoms with Crippen LogP contribution in [0, 0.1) is 11.3 Å². The summed E-state index contributed by atoms with van der Waals surface area (Å²) in [6, 6.07) is 16.2. The first-order chi connectivity index (χ1) is 14.0. The maximum absolute atomic E-state index is 12.2. The zero-order chi connectivity index (χ0) is 20.8. The molecule has 3 rings (SSSR count). The Hall–Kier alpha value is -3.43. The summed E-state index contributed by atoms with van der Waals surface area (Å²) in [5.41, 5.74) is 10.9. The molecule has 0 saturated carbocycles. The molecular formula is C23H25N5O. The first kappa shape index (κ1) is 20.3. The molecule has 29 heavy (non-hydrogen) atoms. The molecule has 0 aliphatic rings. The lowest BCUT2D eigenvalue weighted by atomic mass is 9.96. The largest absolute Gasteiger partial charge is 0.348 e. The minimum absolute atomic E-state index is 0.0498. The van der Waals surface area contributed by atoms with Gasteiger partial charge >= 0.3 is 0 Å². The number of hydrogen-bond donors (Lipinski definition) is 2. The fraction of sp³-hybridized carbons (Fsp3) is 0.261. The molecule has 0 aliphatic carbocycles. The van der Waals surface area contributed by atoms with Gasteiger partial charge < -0.3 is 15.6 Å². The van der Waals surface area contributed by atoms with Crippen molar-refractivity contribution in [2.75, 3.05) is 6.54 Å². The van der Waals surface area contributed by atoms with Gasteiger partial charge in [0.1, 0.15) is 5.69 Å². The van der Waals surface area contributed by atoms with Crippen molar-refractivity contribution < 1.29 is 4.79 Å². The lowest BCUT2D eigenvalue weighted by molar-refractivity contribution is 0.0938. The number of carbonyl (C=O) groups is 1. The number of amides is 1. The molecule has 0 atom stereocenters. The number of nitriles is 1. The zero-order valence-corrected chi connectivity index (χ0v) is 16.7. The van der Waals surface area contributed by atoms with Gasteiger partial charge in [-0.15, -0.1) is 0 Å². The van der Waals surface area contributed by atoms with E-state index >= 15 is 0 Å². The van der Waals surface area contributed by atoms with Crippen molar-refractivity contribution in [3.63, 3.8) is 0 Å². The van der Waals surface area contributed by atoms with Crippen LogP contribution in [0.15, 0.2) is 55.0 Å². The van der Waals surface area contributed by atoms with Crippen LogP contribution >= 0.6 is 0 Å². The average Bonchev–Trinajstić information content (AvgIpc) is 3.17. The summed E-state index contributed by atoms with van der Waals surface area (Å²) in [6.07, 6.45) is 4.21. The first-order valence-electron chi connectivity index (χ1n) is 9.65. The molecular weight excluding hydrogens is 362 g/mol. The predicted molar refractivity (Wildman–Crippen MR) is 113 cm³/mol. The number of benzene rings is 2. The number of aromatic nitrogens is 2. The maximum atomic E-state index is 12.2. The molecule has 2 aromatic carbocycles. The summed E-state index contributed by atoms with van der Waals surface area (Å²) in [5, 5.41) is 12.2. The van der Waals surface area contributed by atoms with Gasteiger partial charge in [0.15, 0.2) is 0 Å². The van der Waals surface area contributed by atoms with Crippen LogP contribution in [0.2, 0.25) is 0 Å². The van der Waals surface area contributed by atoms with Gasteiger partial charge in [-0.1, -0.05) is 30.3 Å². The van der Waals surface area contributed by atoms with Crippen LogP contribution in [0.1, 0.15) is 41.0 Å². The smallest absolute Gasteiger partial charge is 0.271 e. The number of nitrogens with two attached hydrogens (primary N) is 1. The van der Waals surface area contributed by atoms with Crippen LogP contribution in [-0.2, 0) is 13.0 Å². The topological polar surface area (TPSA) is 96.7 Å². The molecule has 1 amide bonds. The van der Waals surface area contributed by atoms with E-state index in [2.05, 4.69) is 40.6 Å². The Labute approximate surface area is 171 Å². The summed E-state index contributed by atoms with van der Waals surface area (Å²) in [4.78, 5) is 16.4. The van der Waals surface area contributed by atoms with Crippen molar-refractivity contribution in [3.8, 4) is 17.2 Å². The second kappa shape index (κ2) is 9.18. The van der Waals surface area contributed by atoms with Gasteiger partial charge in [-0.25, -0.2) is 4.98 Å². The fourth-order valence-corrected chi connectivity index (χ4v) is 3.19. The average molecular weight is 387 g/mol. The van der Waals surface area contributed by atoms with Gasteiger partial charge in [0, 0.05) is 18.8 Å². The van der Waals surface area contributed by atoms with Crippen LogP contribution in [0.4, 0.5) is 0 Å². The molecule has 3 aromatic rings. The van der Waals surface area contributed by atoms with Crippen molar-refractivity contribution in [3.05, 3.63) is 77.4 Å². The van der Waals surface area contributed by atoms with Crippen LogP contribution in [0.3, 0.4) is 0 Å². The van der Waals surface area contributed by atoms with E-state index < -0.39 is 0 Å². The second-order valence-electron chi connectivity index (χ2n) is 7.28. The highest BCUT2D eigenvalue weighted by Gasteiger charge is 2.12. The molecule has 0 saturated heterocycles. The van der Waals surface area contributed by atoms with E-state index in [1.165, 1.54) is 5.56 Å². The first-order valence-corrected chi connectivity index (χ1v) is 9.65. The van der Waals surface area contributed by atoms with Crippen molar-refractivity contribution in [1.82, 2.24) is 14.9 Å². The van der Waals surface area contributed by atoms with E-state index in [0.717, 1.165) is 23.1 Å². The SMILES string of the molecule is CC(C)NC(=O)c1cn(Cc2cc(C#N)ccc2-c2ccc(CCN)cc2)cn1. The van der Waals surface area contributed by atoms with Crippen molar-refractivity contribution >= 4 is 5.91 Å². The molecule has 1 aromatic heterocycles. The van der Waals surface area contributed by atoms with Gasteiger partial charge in [0.25, 0.3) is 5.91 Å². The van der Waals surface area contributed by atoms with Crippen molar-refractivity contribution in [2.45, 2.75) is 32.9 Å². The van der Waals surface area contributed by atoms with Gasteiger partial charge in [0.05, 0.1) is 18.0 Å². The van der Waals surface area contributed by atoms with Crippen LogP contribution in [0.25, 0.3) is 11.1 Å². The van der Waals surface area contributed by atoms with Crippen LogP contribution in [-0.4, -0.2) is 28.0 Å². The summed E-state index contributed by atoms with van der Waals surface area (Å²) < 4.78 is 1.86. The van der Waals surface area contributed by atoms with Gasteiger partial charge in [0.2, 0.25) is 0 Å². The van der Waals surface area contributed by atoms with Crippen LogP contribution < -0.4 is 11.1 Å². The summed E-state index contributed by atoms with van der Waals surface area (Å²) >= 11 is 0. The van der Waals surface area contributed by atoms with Crippen LogP contribution in [0.5, 0.6) is 0 Å². The Morgan fingerprint density at radius 3 is 2.66 bits per heavy atom. The highest BCUT2D eigenvalue weighted by Crippen LogP contribution is 2.26. The van der Waals surface area contributed by atoms with Gasteiger partial charge in [-0.05, 0) is 61.2 Å². The highest BCUT2D eigenvalue weighted by molar-refractivity contribution is 5.92. The fourth-order valence-electron chi connectivity index (χ4n) is 3.19. The maximum Gasteiger partial charge on any atom is 0.271 e. The molecule has 0 radical (unpaired) electrons. The molecule has 6 heteroatoms. The number of imidazole rings is 1. The monoisotopic (exact) mass is 387 g/mol. The second-order valence-corrected chi connectivity index (χ2v) is 7.28. The Bertz CT molecular complexity index is 1030. The molecule has 1 heterocycles. The molecule has 148 valence electrons. The molecule has 0 unspecified atom stereocenters. The van der Waals surface area contributed by atoms with E-state index in [9.17, 15) is 10.1 Å². The standard InChI is InChI=1S/C23H25N5O/c1-16(2)27-23(29)22-14-28(15-26-22)13-20-11-18(12-25)5-8-21(20)19-6-3-17(4-7-19)9-10-24/h3-8,11,14-16H,9-10,13,24H2,1-2H3,(H,27,29). The third kappa shape index (κ3) is 5.09. The predicted octanol–water partition coefficient (Wildman–Crippen LogP) is 3.11. The number of nitrogens with zero attached hydrogens (tertiary/aromatic N) is 3. The molecule has 0 spiro atoms. The van der Waals surface area contributed by atoms with E-state index in [0.29, 0.717) is 24.3 Å². The number of nitrogens with one attached hydrogen (secondary N) is 1. The summed E-state index contributed by atoms with van der Waals surface area (Å²) in [7, 11) is 0. The normalized spacial score (nSPS) is 10.7. The lowest BCUT2D eigenvalue weighted by Crippen LogP contribution is -2.30. The Morgan fingerprint density at radius 1 is 1.24 bits per heavy atom.